The van der Waals surface area contributed by atoms with E-state index in [1.54, 1.807) is 6.20 Å². The Bertz CT molecular complexity index is 1090. The molecule has 4 aromatic heterocycles. The highest BCUT2D eigenvalue weighted by Gasteiger charge is 2.28. The maximum Gasteiger partial charge on any atom is 0.187 e. The minimum Gasteiger partial charge on any atom is -0.355 e. The number of pyridine rings is 2. The van der Waals surface area contributed by atoms with Crippen molar-refractivity contribution in [2.45, 2.75) is 25.8 Å². The van der Waals surface area contributed by atoms with E-state index in [1.165, 1.54) is 0 Å². The van der Waals surface area contributed by atoms with Gasteiger partial charge >= 0.3 is 0 Å². The van der Waals surface area contributed by atoms with Crippen LogP contribution in [0.1, 0.15) is 25.0 Å². The molecule has 0 amide bonds. The summed E-state index contributed by atoms with van der Waals surface area (Å²) >= 11 is 0. The number of aryl methyl sites for hydroxylation is 1. The number of hydrogen-bond donors (Lipinski definition) is 0. The van der Waals surface area contributed by atoms with Gasteiger partial charge in [0.2, 0.25) is 0 Å². The first-order valence-electron chi connectivity index (χ1n) is 9.64. The summed E-state index contributed by atoms with van der Waals surface area (Å²) in [5.41, 5.74) is 2.62. The molecule has 1 saturated heterocycles. The Morgan fingerprint density at radius 3 is 2.64 bits per heavy atom. The first kappa shape index (κ1) is 16.8. The first-order valence-corrected chi connectivity index (χ1v) is 9.64. The van der Waals surface area contributed by atoms with Crippen LogP contribution in [0.2, 0.25) is 0 Å². The molecule has 1 atom stereocenters. The number of aromatic nitrogens is 6. The fourth-order valence-electron chi connectivity index (χ4n) is 3.76. The zero-order valence-electron chi connectivity index (χ0n) is 15.7. The first-order chi connectivity index (χ1) is 13.8. The Morgan fingerprint density at radius 2 is 1.89 bits per heavy atom. The lowest BCUT2D eigenvalue weighted by atomic mass is 10.0. The van der Waals surface area contributed by atoms with Crippen molar-refractivity contribution >= 4 is 16.9 Å². The third-order valence-electron chi connectivity index (χ3n) is 5.22. The van der Waals surface area contributed by atoms with Gasteiger partial charge in [-0.3, -0.25) is 14.6 Å². The molecular formula is C21H21N7. The molecular weight excluding hydrogens is 350 g/mol. The lowest BCUT2D eigenvalue weighted by molar-refractivity contribution is 0.666. The minimum absolute atomic E-state index is 0.408. The van der Waals surface area contributed by atoms with Crippen molar-refractivity contribution in [3.63, 3.8) is 0 Å². The van der Waals surface area contributed by atoms with E-state index < -0.39 is 0 Å². The number of anilines is 1. The van der Waals surface area contributed by atoms with Gasteiger partial charge in [0, 0.05) is 49.8 Å². The molecule has 0 aromatic carbocycles. The Morgan fingerprint density at radius 1 is 1.04 bits per heavy atom. The van der Waals surface area contributed by atoms with Gasteiger partial charge in [-0.15, -0.1) is 0 Å². The SMILES string of the molecule is CCn1cc2c(N3CCC(c4ccccn4)C3)nc(-c3ccccn3)nc2n1. The summed E-state index contributed by atoms with van der Waals surface area (Å²) in [6.07, 6.45) is 6.73. The average Bonchev–Trinajstić information content (AvgIpc) is 3.41. The van der Waals surface area contributed by atoms with Gasteiger partial charge in [0.15, 0.2) is 11.5 Å². The molecule has 4 aromatic rings. The third-order valence-corrected chi connectivity index (χ3v) is 5.22. The summed E-state index contributed by atoms with van der Waals surface area (Å²) in [5, 5.41) is 5.61. The molecule has 1 unspecified atom stereocenters. The van der Waals surface area contributed by atoms with Crippen LogP contribution >= 0.6 is 0 Å². The molecule has 0 N–H and O–H groups in total. The maximum atomic E-state index is 4.91. The Kier molecular flexibility index (Phi) is 4.20. The van der Waals surface area contributed by atoms with E-state index in [0.29, 0.717) is 17.4 Å². The molecule has 0 spiro atoms. The summed E-state index contributed by atoms with van der Waals surface area (Å²) < 4.78 is 1.91. The van der Waals surface area contributed by atoms with Crippen molar-refractivity contribution in [2.75, 3.05) is 18.0 Å². The van der Waals surface area contributed by atoms with Crippen molar-refractivity contribution < 1.29 is 0 Å². The maximum absolute atomic E-state index is 4.91. The van der Waals surface area contributed by atoms with Crippen LogP contribution in [0.3, 0.4) is 0 Å². The van der Waals surface area contributed by atoms with E-state index in [4.69, 9.17) is 4.98 Å². The van der Waals surface area contributed by atoms with Crippen molar-refractivity contribution in [3.8, 4) is 11.5 Å². The number of hydrogen-bond acceptors (Lipinski definition) is 6. The second-order valence-electron chi connectivity index (χ2n) is 6.99. The van der Waals surface area contributed by atoms with Gasteiger partial charge in [-0.25, -0.2) is 9.97 Å². The zero-order chi connectivity index (χ0) is 18.9. The summed E-state index contributed by atoms with van der Waals surface area (Å²) in [5.74, 6) is 1.96. The fraction of sp³-hybridized carbons (Fsp3) is 0.286. The van der Waals surface area contributed by atoms with Crippen molar-refractivity contribution in [1.82, 2.24) is 29.7 Å². The number of rotatable bonds is 4. The third kappa shape index (κ3) is 2.98. The van der Waals surface area contributed by atoms with Crippen LogP contribution in [0.25, 0.3) is 22.6 Å². The molecule has 5 rings (SSSR count). The molecule has 7 heteroatoms. The Hall–Kier alpha value is -3.35. The van der Waals surface area contributed by atoms with Crippen LogP contribution < -0.4 is 4.90 Å². The highest BCUT2D eigenvalue weighted by atomic mass is 15.3. The van der Waals surface area contributed by atoms with E-state index >= 15 is 0 Å². The summed E-state index contributed by atoms with van der Waals surface area (Å²) in [4.78, 5) is 20.9. The topological polar surface area (TPSA) is 72.6 Å². The number of fused-ring (bicyclic) bond motifs is 1. The molecule has 7 nitrogen and oxygen atoms in total. The second kappa shape index (κ2) is 6.99. The predicted molar refractivity (Wildman–Crippen MR) is 108 cm³/mol. The van der Waals surface area contributed by atoms with Crippen LogP contribution in [-0.4, -0.2) is 42.8 Å². The minimum atomic E-state index is 0.408. The van der Waals surface area contributed by atoms with Crippen molar-refractivity contribution in [1.29, 1.82) is 0 Å². The fourth-order valence-corrected chi connectivity index (χ4v) is 3.76. The van der Waals surface area contributed by atoms with Crippen molar-refractivity contribution in [3.05, 3.63) is 60.7 Å². The van der Waals surface area contributed by atoms with Crippen LogP contribution in [0, 0.1) is 0 Å². The van der Waals surface area contributed by atoms with Crippen LogP contribution in [0.15, 0.2) is 55.0 Å². The normalized spacial score (nSPS) is 16.8. The van der Waals surface area contributed by atoms with Gasteiger partial charge in [-0.2, -0.15) is 5.10 Å². The smallest absolute Gasteiger partial charge is 0.187 e. The average molecular weight is 371 g/mol. The quantitative estimate of drug-likeness (QED) is 0.548. The van der Waals surface area contributed by atoms with Gasteiger partial charge < -0.3 is 4.90 Å². The van der Waals surface area contributed by atoms with Crippen LogP contribution in [0.4, 0.5) is 5.82 Å². The van der Waals surface area contributed by atoms with Gasteiger partial charge in [0.25, 0.3) is 0 Å². The van der Waals surface area contributed by atoms with Gasteiger partial charge in [0.05, 0.1) is 5.39 Å². The second-order valence-corrected chi connectivity index (χ2v) is 6.99. The molecule has 5 heterocycles. The Balaban J connectivity index is 1.57. The molecule has 0 radical (unpaired) electrons. The van der Waals surface area contributed by atoms with E-state index in [1.807, 2.05) is 41.3 Å². The van der Waals surface area contributed by atoms with E-state index in [-0.39, 0.29) is 0 Å². The van der Waals surface area contributed by atoms with Crippen molar-refractivity contribution in [2.24, 2.45) is 0 Å². The largest absolute Gasteiger partial charge is 0.355 e. The van der Waals surface area contributed by atoms with Gasteiger partial charge in [-0.05, 0) is 37.6 Å². The summed E-state index contributed by atoms with van der Waals surface area (Å²) in [6, 6.07) is 11.9. The molecule has 1 aliphatic heterocycles. The molecule has 1 fully saturated rings. The zero-order valence-corrected chi connectivity index (χ0v) is 15.7. The van der Waals surface area contributed by atoms with Gasteiger partial charge in [-0.1, -0.05) is 12.1 Å². The highest BCUT2D eigenvalue weighted by molar-refractivity contribution is 5.88. The van der Waals surface area contributed by atoms with Crippen LogP contribution in [-0.2, 0) is 6.54 Å². The standard InChI is InChI=1S/C21H21N7/c1-2-28-14-16-19(26-28)24-20(18-8-4-6-11-23-18)25-21(16)27-12-9-15(13-27)17-7-3-5-10-22-17/h3-8,10-11,14-15H,2,9,12-13H2,1H3. The van der Waals surface area contributed by atoms with E-state index in [2.05, 4.69) is 44.0 Å². The monoisotopic (exact) mass is 371 g/mol. The lowest BCUT2D eigenvalue weighted by Crippen LogP contribution is -2.21. The molecule has 0 saturated carbocycles. The summed E-state index contributed by atoms with van der Waals surface area (Å²) in [7, 11) is 0. The molecule has 1 aliphatic rings. The van der Waals surface area contributed by atoms with E-state index in [9.17, 15) is 0 Å². The predicted octanol–water partition coefficient (Wildman–Crippen LogP) is 3.30. The summed E-state index contributed by atoms with van der Waals surface area (Å²) in [6.45, 7) is 4.70. The molecule has 0 aliphatic carbocycles. The molecule has 0 bridgehead atoms. The lowest BCUT2D eigenvalue weighted by Gasteiger charge is -2.18. The molecule has 140 valence electrons. The van der Waals surface area contributed by atoms with Gasteiger partial charge in [0.1, 0.15) is 11.5 Å². The molecule has 28 heavy (non-hydrogen) atoms. The Labute approximate surface area is 163 Å². The number of nitrogens with zero attached hydrogens (tertiary/aromatic N) is 7. The van der Waals surface area contributed by atoms with E-state index in [0.717, 1.165) is 48.6 Å². The van der Waals surface area contributed by atoms with Crippen LogP contribution in [0.5, 0.6) is 0 Å². The highest BCUT2D eigenvalue weighted by Crippen LogP contribution is 2.33.